The van der Waals surface area contributed by atoms with Crippen molar-refractivity contribution in [2.24, 2.45) is 9.50 Å². The van der Waals surface area contributed by atoms with Crippen LogP contribution in [-0.4, -0.2) is 56.1 Å². The fourth-order valence-electron chi connectivity index (χ4n) is 3.40. The molecule has 0 unspecified atom stereocenters. The molecule has 3 rings (SSSR count). The first-order valence-electron chi connectivity index (χ1n) is 9.84. The second kappa shape index (κ2) is 9.59. The Balaban J connectivity index is 2.02. The summed E-state index contributed by atoms with van der Waals surface area (Å²) in [5.41, 5.74) is 2.86. The lowest BCUT2D eigenvalue weighted by atomic mass is 9.91. The van der Waals surface area contributed by atoms with Gasteiger partial charge in [-0.25, -0.2) is 5.01 Å². The SMILES string of the molecule is CCN(CC)S(=O)(=O)/N=C(\NC)N1C[C@H](c2ccccc2)C(c2ccc(Cl)cc2)=N1. The summed E-state index contributed by atoms with van der Waals surface area (Å²) in [5.74, 6) is 0.147. The Morgan fingerprint density at radius 2 is 1.80 bits per heavy atom. The maximum atomic E-state index is 12.7. The molecule has 1 heterocycles. The number of benzene rings is 2. The zero-order chi connectivity index (χ0) is 21.7. The molecule has 0 radical (unpaired) electrons. The number of hydrogen-bond donors (Lipinski definition) is 1. The molecule has 9 heteroatoms. The smallest absolute Gasteiger partial charge is 0.325 e. The predicted molar refractivity (Wildman–Crippen MR) is 122 cm³/mol. The first-order chi connectivity index (χ1) is 14.4. The van der Waals surface area contributed by atoms with E-state index in [2.05, 4.69) is 9.71 Å². The van der Waals surface area contributed by atoms with Crippen molar-refractivity contribution in [3.05, 3.63) is 70.7 Å². The van der Waals surface area contributed by atoms with E-state index in [0.29, 0.717) is 24.7 Å². The second-order valence-corrected chi connectivity index (χ2v) is 8.80. The van der Waals surface area contributed by atoms with Gasteiger partial charge in [0, 0.05) is 31.1 Å². The van der Waals surface area contributed by atoms with Crippen LogP contribution in [0.15, 0.2) is 64.1 Å². The Kier molecular flexibility index (Phi) is 7.12. The van der Waals surface area contributed by atoms with Crippen molar-refractivity contribution < 1.29 is 8.42 Å². The molecular formula is C21H26ClN5O2S. The first-order valence-corrected chi connectivity index (χ1v) is 11.6. The summed E-state index contributed by atoms with van der Waals surface area (Å²) in [6, 6.07) is 17.5. The number of hydrogen-bond acceptors (Lipinski definition) is 3. The van der Waals surface area contributed by atoms with Crippen LogP contribution in [-0.2, 0) is 10.2 Å². The van der Waals surface area contributed by atoms with Gasteiger partial charge >= 0.3 is 10.2 Å². The van der Waals surface area contributed by atoms with Gasteiger partial charge in [0.05, 0.1) is 12.3 Å². The summed E-state index contributed by atoms with van der Waals surface area (Å²) in [4.78, 5) is 0. The molecule has 2 aromatic rings. The molecule has 0 saturated carbocycles. The van der Waals surface area contributed by atoms with Crippen molar-refractivity contribution in [1.82, 2.24) is 14.6 Å². The van der Waals surface area contributed by atoms with Gasteiger partial charge in [-0.3, -0.25) is 0 Å². The highest BCUT2D eigenvalue weighted by atomic mass is 35.5. The molecule has 0 saturated heterocycles. The zero-order valence-corrected chi connectivity index (χ0v) is 18.9. The van der Waals surface area contributed by atoms with Gasteiger partial charge in [0.25, 0.3) is 0 Å². The molecular weight excluding hydrogens is 422 g/mol. The standard InChI is InChI=1S/C21H26ClN5O2S/c1-4-26(5-2)30(28,29)25-21(23-3)27-15-19(16-9-7-6-8-10-16)20(24-27)17-11-13-18(22)14-12-17/h6-14,19H,4-5,15H2,1-3H3,(H,23,25)/t19-/m1/s1. The summed E-state index contributed by atoms with van der Waals surface area (Å²) in [6.07, 6.45) is 0. The van der Waals surface area contributed by atoms with Gasteiger partial charge in [0.2, 0.25) is 5.96 Å². The van der Waals surface area contributed by atoms with Crippen LogP contribution in [0, 0.1) is 0 Å². The Labute approximate surface area is 183 Å². The van der Waals surface area contributed by atoms with Crippen molar-refractivity contribution in [3.63, 3.8) is 0 Å². The Bertz CT molecular complexity index is 1020. The molecule has 0 bridgehead atoms. The summed E-state index contributed by atoms with van der Waals surface area (Å²) in [5, 5.41) is 9.90. The topological polar surface area (TPSA) is 77.4 Å². The second-order valence-electron chi connectivity index (χ2n) is 6.76. The van der Waals surface area contributed by atoms with Crippen LogP contribution in [0.4, 0.5) is 0 Å². The number of nitrogens with zero attached hydrogens (tertiary/aromatic N) is 4. The minimum absolute atomic E-state index is 0.0397. The van der Waals surface area contributed by atoms with Crippen LogP contribution in [0.3, 0.4) is 0 Å². The molecule has 0 amide bonds. The third-order valence-electron chi connectivity index (χ3n) is 4.96. The average molecular weight is 448 g/mol. The molecule has 0 aliphatic carbocycles. The molecule has 30 heavy (non-hydrogen) atoms. The van der Waals surface area contributed by atoms with Crippen LogP contribution in [0.5, 0.6) is 0 Å². The fraction of sp³-hybridized carbons (Fsp3) is 0.333. The van der Waals surface area contributed by atoms with Crippen molar-refractivity contribution in [3.8, 4) is 0 Å². The number of rotatable bonds is 6. The third kappa shape index (κ3) is 4.83. The van der Waals surface area contributed by atoms with E-state index in [4.69, 9.17) is 16.7 Å². The lowest BCUT2D eigenvalue weighted by molar-refractivity contribution is 0.439. The van der Waals surface area contributed by atoms with Gasteiger partial charge in [0.1, 0.15) is 0 Å². The average Bonchev–Trinajstić information content (AvgIpc) is 3.19. The highest BCUT2D eigenvalue weighted by Gasteiger charge is 2.32. The minimum atomic E-state index is -3.81. The fourth-order valence-corrected chi connectivity index (χ4v) is 4.70. The van der Waals surface area contributed by atoms with E-state index in [0.717, 1.165) is 16.8 Å². The maximum absolute atomic E-state index is 12.7. The van der Waals surface area contributed by atoms with E-state index < -0.39 is 10.2 Å². The molecule has 0 fully saturated rings. The van der Waals surface area contributed by atoms with Crippen LogP contribution in [0.2, 0.25) is 5.02 Å². The molecule has 2 aromatic carbocycles. The quantitative estimate of drug-likeness (QED) is 0.544. The minimum Gasteiger partial charge on any atom is -0.357 e. The van der Waals surface area contributed by atoms with E-state index >= 15 is 0 Å². The highest BCUT2D eigenvalue weighted by molar-refractivity contribution is 7.87. The first kappa shape index (κ1) is 22.3. The molecule has 160 valence electrons. The molecule has 1 aliphatic heterocycles. The largest absolute Gasteiger partial charge is 0.357 e. The lowest BCUT2D eigenvalue weighted by Crippen LogP contribution is -2.38. The van der Waals surface area contributed by atoms with Gasteiger partial charge in [-0.2, -0.15) is 17.8 Å². The Morgan fingerprint density at radius 1 is 1.17 bits per heavy atom. The zero-order valence-electron chi connectivity index (χ0n) is 17.3. The third-order valence-corrected chi connectivity index (χ3v) is 6.78. The number of halogens is 1. The molecule has 1 N–H and O–H groups in total. The van der Waals surface area contributed by atoms with Crippen molar-refractivity contribution >= 4 is 33.5 Å². The summed E-state index contributed by atoms with van der Waals surface area (Å²) < 4.78 is 30.7. The number of nitrogens with one attached hydrogen (secondary N) is 1. The van der Waals surface area contributed by atoms with Crippen LogP contribution in [0.25, 0.3) is 0 Å². The maximum Gasteiger partial charge on any atom is 0.325 e. The molecule has 0 spiro atoms. The van der Waals surface area contributed by atoms with Crippen LogP contribution >= 0.6 is 11.6 Å². The van der Waals surface area contributed by atoms with Gasteiger partial charge < -0.3 is 5.32 Å². The van der Waals surface area contributed by atoms with Crippen LogP contribution < -0.4 is 5.32 Å². The van der Waals surface area contributed by atoms with Crippen molar-refractivity contribution in [2.75, 3.05) is 26.7 Å². The molecule has 1 aliphatic rings. The lowest BCUT2D eigenvalue weighted by Gasteiger charge is -2.20. The van der Waals surface area contributed by atoms with E-state index in [1.54, 1.807) is 25.9 Å². The van der Waals surface area contributed by atoms with Gasteiger partial charge in [-0.1, -0.05) is 67.9 Å². The van der Waals surface area contributed by atoms with E-state index in [1.807, 2.05) is 54.6 Å². The summed E-state index contributed by atoms with van der Waals surface area (Å²) in [6.45, 7) is 4.74. The molecule has 1 atom stereocenters. The van der Waals surface area contributed by atoms with Gasteiger partial charge in [0.15, 0.2) is 0 Å². The van der Waals surface area contributed by atoms with E-state index in [9.17, 15) is 8.42 Å². The Hall–Kier alpha value is -2.42. The summed E-state index contributed by atoms with van der Waals surface area (Å²) in [7, 11) is -2.17. The molecule has 0 aromatic heterocycles. The normalized spacial score (nSPS) is 17.4. The highest BCUT2D eigenvalue weighted by Crippen LogP contribution is 2.29. The van der Waals surface area contributed by atoms with E-state index in [1.165, 1.54) is 4.31 Å². The molecule has 7 nitrogen and oxygen atoms in total. The van der Waals surface area contributed by atoms with E-state index in [-0.39, 0.29) is 11.9 Å². The predicted octanol–water partition coefficient (Wildman–Crippen LogP) is 3.31. The monoisotopic (exact) mass is 447 g/mol. The van der Waals surface area contributed by atoms with Gasteiger partial charge in [-0.15, -0.1) is 4.40 Å². The Morgan fingerprint density at radius 3 is 2.37 bits per heavy atom. The van der Waals surface area contributed by atoms with Crippen molar-refractivity contribution in [1.29, 1.82) is 0 Å². The number of guanidine groups is 1. The number of hydrazone groups is 1. The summed E-state index contributed by atoms with van der Waals surface area (Å²) >= 11 is 6.05. The van der Waals surface area contributed by atoms with Crippen LogP contribution in [0.1, 0.15) is 30.9 Å². The van der Waals surface area contributed by atoms with Crippen molar-refractivity contribution in [2.45, 2.75) is 19.8 Å². The van der Waals surface area contributed by atoms with Gasteiger partial charge in [-0.05, 0) is 23.3 Å².